The van der Waals surface area contributed by atoms with E-state index >= 15 is 0 Å². The fraction of sp³-hybridized carbons (Fsp3) is 0.0625. The van der Waals surface area contributed by atoms with Crippen LogP contribution in [0.1, 0.15) is 11.1 Å². The monoisotopic (exact) mass is 378 g/mol. The predicted molar refractivity (Wildman–Crippen MR) is 97.6 cm³/mol. The lowest BCUT2D eigenvalue weighted by Crippen LogP contribution is -1.99. The summed E-state index contributed by atoms with van der Waals surface area (Å²) < 4.78 is 7.74. The first-order valence-corrected chi connectivity index (χ1v) is 8.12. The molecule has 3 aromatic rings. The van der Waals surface area contributed by atoms with Crippen LogP contribution < -0.4 is 4.74 Å². The van der Waals surface area contributed by atoms with Gasteiger partial charge in [0.05, 0.1) is 6.21 Å². The molecule has 0 fully saturated rings. The molecule has 0 atom stereocenters. The summed E-state index contributed by atoms with van der Waals surface area (Å²) in [5.41, 5.74) is 1.66. The van der Waals surface area contributed by atoms with E-state index in [1.54, 1.807) is 18.3 Å². The number of hydrogen-bond donors (Lipinski definition) is 1. The summed E-state index contributed by atoms with van der Waals surface area (Å²) >= 11 is 17.1. The summed E-state index contributed by atoms with van der Waals surface area (Å²) in [6, 6.07) is 12.9. The first-order chi connectivity index (χ1) is 11.6. The molecule has 0 aliphatic heterocycles. The van der Waals surface area contributed by atoms with Gasteiger partial charge in [-0.2, -0.15) is 14.9 Å². The van der Waals surface area contributed by atoms with Crippen molar-refractivity contribution >= 4 is 41.6 Å². The van der Waals surface area contributed by atoms with Crippen LogP contribution >= 0.6 is 35.4 Å². The van der Waals surface area contributed by atoms with E-state index in [0.29, 0.717) is 27.2 Å². The van der Waals surface area contributed by atoms with Crippen LogP contribution in [0.3, 0.4) is 0 Å². The van der Waals surface area contributed by atoms with Gasteiger partial charge in [0.1, 0.15) is 18.7 Å². The van der Waals surface area contributed by atoms with Gasteiger partial charge in [-0.15, -0.1) is 0 Å². The predicted octanol–water partition coefficient (Wildman–Crippen LogP) is 4.71. The maximum absolute atomic E-state index is 6.17. The van der Waals surface area contributed by atoms with E-state index in [1.165, 1.54) is 11.0 Å². The van der Waals surface area contributed by atoms with E-state index in [4.69, 9.17) is 40.2 Å². The largest absolute Gasteiger partial charge is 0.488 e. The molecule has 0 spiro atoms. The Hall–Kier alpha value is -2.15. The highest BCUT2D eigenvalue weighted by atomic mass is 35.5. The minimum absolute atomic E-state index is 0.325. The number of ether oxygens (including phenoxy) is 1. The first kappa shape index (κ1) is 16.7. The molecule has 1 N–H and O–H groups in total. The Bertz CT molecular complexity index is 936. The Kier molecular flexibility index (Phi) is 5.30. The van der Waals surface area contributed by atoms with E-state index < -0.39 is 0 Å². The molecule has 122 valence electrons. The van der Waals surface area contributed by atoms with Crippen LogP contribution in [-0.4, -0.2) is 21.1 Å². The average Bonchev–Trinajstić information content (AvgIpc) is 2.98. The lowest BCUT2D eigenvalue weighted by Gasteiger charge is -2.10. The van der Waals surface area contributed by atoms with Crippen molar-refractivity contribution < 1.29 is 4.74 Å². The lowest BCUT2D eigenvalue weighted by atomic mass is 10.2. The summed E-state index contributed by atoms with van der Waals surface area (Å²) in [6.07, 6.45) is 3.15. The van der Waals surface area contributed by atoms with Crippen molar-refractivity contribution in [2.45, 2.75) is 6.61 Å². The van der Waals surface area contributed by atoms with Gasteiger partial charge in [0.25, 0.3) is 0 Å². The zero-order valence-electron chi connectivity index (χ0n) is 12.3. The van der Waals surface area contributed by atoms with Crippen LogP contribution in [0, 0.1) is 4.77 Å². The highest BCUT2D eigenvalue weighted by Gasteiger charge is 2.05. The van der Waals surface area contributed by atoms with Crippen molar-refractivity contribution in [3.05, 3.63) is 74.7 Å². The van der Waals surface area contributed by atoms with E-state index in [2.05, 4.69) is 15.3 Å². The minimum Gasteiger partial charge on any atom is -0.488 e. The quantitative estimate of drug-likeness (QED) is 0.516. The standard InChI is InChI=1S/C16H12Cl2N4OS/c17-13-6-5-12(14(18)7-13)9-23-15-4-2-1-3-11(15)8-20-22-10-19-21-16(22)24/h1-8,10H,9H2,(H,21,24)/b20-8+. The van der Waals surface area contributed by atoms with E-state index in [9.17, 15) is 0 Å². The SMILES string of the molecule is S=c1[nH]ncn1/N=C/c1ccccc1OCc1ccc(Cl)cc1Cl. The molecule has 0 saturated heterocycles. The number of aromatic nitrogens is 3. The molecule has 0 bridgehead atoms. The number of hydrogen-bond acceptors (Lipinski definition) is 4. The summed E-state index contributed by atoms with van der Waals surface area (Å²) in [4.78, 5) is 0. The van der Waals surface area contributed by atoms with Crippen LogP contribution in [0.5, 0.6) is 5.75 Å². The number of para-hydroxylation sites is 1. The number of halogens is 2. The topological polar surface area (TPSA) is 55.2 Å². The van der Waals surface area contributed by atoms with Crippen LogP contribution in [0.25, 0.3) is 0 Å². The molecular weight excluding hydrogens is 367 g/mol. The fourth-order valence-corrected chi connectivity index (χ4v) is 2.57. The second-order valence-electron chi connectivity index (χ2n) is 4.81. The van der Waals surface area contributed by atoms with E-state index in [-0.39, 0.29) is 0 Å². The maximum Gasteiger partial charge on any atom is 0.216 e. The Balaban J connectivity index is 1.78. The van der Waals surface area contributed by atoms with Crippen molar-refractivity contribution in [1.82, 2.24) is 14.9 Å². The normalized spacial score (nSPS) is 11.1. The van der Waals surface area contributed by atoms with Gasteiger partial charge < -0.3 is 4.74 Å². The van der Waals surface area contributed by atoms with Crippen molar-refractivity contribution in [3.8, 4) is 5.75 Å². The third-order valence-electron chi connectivity index (χ3n) is 3.17. The highest BCUT2D eigenvalue weighted by Crippen LogP contribution is 2.23. The van der Waals surface area contributed by atoms with E-state index in [0.717, 1.165) is 11.1 Å². The molecule has 2 aromatic carbocycles. The van der Waals surface area contributed by atoms with E-state index in [1.807, 2.05) is 30.3 Å². The molecule has 0 saturated carbocycles. The number of H-pyrrole nitrogens is 1. The van der Waals surface area contributed by atoms with Crippen molar-refractivity contribution in [2.24, 2.45) is 5.10 Å². The van der Waals surface area contributed by atoms with Gasteiger partial charge in [-0.25, -0.2) is 0 Å². The maximum atomic E-state index is 6.17. The molecule has 0 aliphatic rings. The van der Waals surface area contributed by atoms with Crippen LogP contribution in [-0.2, 0) is 6.61 Å². The number of aromatic amines is 1. The molecule has 0 aliphatic carbocycles. The van der Waals surface area contributed by atoms with Crippen molar-refractivity contribution in [2.75, 3.05) is 0 Å². The fourth-order valence-electron chi connectivity index (χ4n) is 1.96. The zero-order chi connectivity index (χ0) is 16.9. The first-order valence-electron chi connectivity index (χ1n) is 6.95. The van der Waals surface area contributed by atoms with Crippen LogP contribution in [0.4, 0.5) is 0 Å². The molecule has 0 radical (unpaired) electrons. The van der Waals surface area contributed by atoms with Crippen molar-refractivity contribution in [3.63, 3.8) is 0 Å². The molecule has 8 heteroatoms. The number of benzene rings is 2. The van der Waals surface area contributed by atoms with Gasteiger partial charge in [-0.05, 0) is 36.5 Å². The Morgan fingerprint density at radius 2 is 2.08 bits per heavy atom. The summed E-state index contributed by atoms with van der Waals surface area (Å²) in [7, 11) is 0. The molecule has 1 aromatic heterocycles. The zero-order valence-corrected chi connectivity index (χ0v) is 14.6. The van der Waals surface area contributed by atoms with Crippen LogP contribution in [0.2, 0.25) is 10.0 Å². The van der Waals surface area contributed by atoms with Crippen molar-refractivity contribution in [1.29, 1.82) is 0 Å². The summed E-state index contributed by atoms with van der Waals surface area (Å²) in [5.74, 6) is 0.683. The minimum atomic E-state index is 0.325. The second-order valence-corrected chi connectivity index (χ2v) is 6.04. The number of nitrogens with one attached hydrogen (secondary N) is 1. The summed E-state index contributed by atoms with van der Waals surface area (Å²) in [6.45, 7) is 0.325. The Morgan fingerprint density at radius 3 is 2.83 bits per heavy atom. The highest BCUT2D eigenvalue weighted by molar-refractivity contribution is 7.71. The van der Waals surface area contributed by atoms with Gasteiger partial charge in [-0.3, -0.25) is 5.10 Å². The molecule has 24 heavy (non-hydrogen) atoms. The third kappa shape index (κ3) is 4.03. The average molecular weight is 379 g/mol. The third-order valence-corrected chi connectivity index (χ3v) is 4.04. The molecule has 5 nitrogen and oxygen atoms in total. The van der Waals surface area contributed by atoms with Gasteiger partial charge in [0.15, 0.2) is 0 Å². The lowest BCUT2D eigenvalue weighted by molar-refractivity contribution is 0.306. The Labute approximate surface area is 153 Å². The van der Waals surface area contributed by atoms with Gasteiger partial charge in [-0.1, -0.05) is 41.4 Å². The Morgan fingerprint density at radius 1 is 1.25 bits per heavy atom. The molecule has 0 unspecified atom stereocenters. The molecule has 1 heterocycles. The smallest absolute Gasteiger partial charge is 0.216 e. The van der Waals surface area contributed by atoms with Gasteiger partial charge >= 0.3 is 0 Å². The molecule has 0 amide bonds. The number of rotatable bonds is 5. The van der Waals surface area contributed by atoms with Gasteiger partial charge in [0, 0.05) is 21.2 Å². The molecular formula is C16H12Cl2N4OS. The van der Waals surface area contributed by atoms with Gasteiger partial charge in [0.2, 0.25) is 4.77 Å². The molecule has 3 rings (SSSR count). The summed E-state index contributed by atoms with van der Waals surface area (Å²) in [5, 5.41) is 11.9. The number of nitrogens with zero attached hydrogens (tertiary/aromatic N) is 3. The van der Waals surface area contributed by atoms with Crippen LogP contribution in [0.15, 0.2) is 53.9 Å². The second kappa shape index (κ2) is 7.61.